The van der Waals surface area contributed by atoms with Gasteiger partial charge < -0.3 is 10.2 Å². The van der Waals surface area contributed by atoms with Crippen LogP contribution in [0, 0.1) is 5.92 Å². The Labute approximate surface area is 199 Å². The second-order valence-corrected chi connectivity index (χ2v) is 9.56. The van der Waals surface area contributed by atoms with E-state index in [0.29, 0.717) is 34.5 Å². The third kappa shape index (κ3) is 8.06. The number of thioether (sulfide) groups is 1. The van der Waals surface area contributed by atoms with E-state index in [0.717, 1.165) is 11.3 Å². The molecule has 2 aromatic rings. The van der Waals surface area contributed by atoms with Crippen molar-refractivity contribution in [1.82, 2.24) is 10.2 Å². The van der Waals surface area contributed by atoms with Crippen molar-refractivity contribution in [2.75, 3.05) is 12.3 Å². The van der Waals surface area contributed by atoms with Crippen LogP contribution >= 0.6 is 35.0 Å². The van der Waals surface area contributed by atoms with E-state index < -0.39 is 6.04 Å². The molecule has 0 heterocycles. The first-order chi connectivity index (χ1) is 14.8. The second kappa shape index (κ2) is 13.0. The van der Waals surface area contributed by atoms with E-state index in [-0.39, 0.29) is 24.1 Å². The summed E-state index contributed by atoms with van der Waals surface area (Å²) in [6, 6.07) is 14.7. The molecule has 0 saturated heterocycles. The van der Waals surface area contributed by atoms with Gasteiger partial charge in [0.05, 0.1) is 5.75 Å². The van der Waals surface area contributed by atoms with Crippen LogP contribution in [0.3, 0.4) is 0 Å². The lowest BCUT2D eigenvalue weighted by Gasteiger charge is -2.31. The number of benzene rings is 2. The quantitative estimate of drug-likeness (QED) is 0.441. The molecule has 2 amide bonds. The topological polar surface area (TPSA) is 49.4 Å². The molecular formula is C24H30Cl2N2O2S. The Kier molecular flexibility index (Phi) is 10.7. The van der Waals surface area contributed by atoms with Gasteiger partial charge in [-0.3, -0.25) is 9.59 Å². The Balaban J connectivity index is 2.18. The van der Waals surface area contributed by atoms with E-state index in [4.69, 9.17) is 23.2 Å². The van der Waals surface area contributed by atoms with E-state index in [9.17, 15) is 9.59 Å². The van der Waals surface area contributed by atoms with Crippen molar-refractivity contribution in [3.8, 4) is 0 Å². The van der Waals surface area contributed by atoms with Gasteiger partial charge in [0.2, 0.25) is 11.8 Å². The molecular weight excluding hydrogens is 451 g/mol. The van der Waals surface area contributed by atoms with E-state index in [1.807, 2.05) is 51.1 Å². The lowest BCUT2D eigenvalue weighted by molar-refractivity contribution is -0.139. The zero-order valence-electron chi connectivity index (χ0n) is 18.2. The molecule has 0 aromatic heterocycles. The van der Waals surface area contributed by atoms with Crippen LogP contribution in [0.2, 0.25) is 10.0 Å². The largest absolute Gasteiger partial charge is 0.354 e. The Hall–Kier alpha value is -1.69. The van der Waals surface area contributed by atoms with Crippen LogP contribution in [-0.4, -0.2) is 35.1 Å². The van der Waals surface area contributed by atoms with E-state index in [1.54, 1.807) is 23.1 Å². The van der Waals surface area contributed by atoms with Crippen molar-refractivity contribution in [1.29, 1.82) is 0 Å². The highest BCUT2D eigenvalue weighted by molar-refractivity contribution is 7.99. The summed E-state index contributed by atoms with van der Waals surface area (Å²) >= 11 is 14.3. The van der Waals surface area contributed by atoms with Gasteiger partial charge in [0.25, 0.3) is 0 Å². The molecule has 0 aliphatic carbocycles. The lowest BCUT2D eigenvalue weighted by atomic mass is 10.1. The van der Waals surface area contributed by atoms with Crippen molar-refractivity contribution in [2.24, 2.45) is 5.92 Å². The fourth-order valence-electron chi connectivity index (χ4n) is 3.11. The molecule has 168 valence electrons. The highest BCUT2D eigenvalue weighted by atomic mass is 35.5. The van der Waals surface area contributed by atoms with Gasteiger partial charge in [-0.15, -0.1) is 11.8 Å². The molecule has 0 unspecified atom stereocenters. The number of nitrogens with zero attached hydrogens (tertiary/aromatic N) is 1. The van der Waals surface area contributed by atoms with Crippen LogP contribution in [0.5, 0.6) is 0 Å². The van der Waals surface area contributed by atoms with Gasteiger partial charge >= 0.3 is 0 Å². The van der Waals surface area contributed by atoms with Crippen LogP contribution < -0.4 is 5.32 Å². The molecule has 0 fully saturated rings. The number of halogens is 2. The molecule has 2 rings (SSSR count). The Morgan fingerprint density at radius 3 is 2.26 bits per heavy atom. The molecule has 31 heavy (non-hydrogen) atoms. The molecule has 1 atom stereocenters. The number of carbonyl (C=O) groups excluding carboxylic acids is 2. The molecule has 0 aliphatic rings. The molecule has 4 nitrogen and oxygen atoms in total. The Bertz CT molecular complexity index is 842. The van der Waals surface area contributed by atoms with Gasteiger partial charge in [-0.2, -0.15) is 0 Å². The number of hydrogen-bond donors (Lipinski definition) is 1. The van der Waals surface area contributed by atoms with Crippen molar-refractivity contribution in [2.45, 2.75) is 45.5 Å². The fraction of sp³-hybridized carbons (Fsp3) is 0.417. The van der Waals surface area contributed by atoms with Gasteiger partial charge in [-0.05, 0) is 30.0 Å². The molecule has 0 radical (unpaired) electrons. The first-order valence-corrected chi connectivity index (χ1v) is 12.4. The average molecular weight is 481 g/mol. The number of nitrogens with one attached hydrogen (secondary N) is 1. The average Bonchev–Trinajstić information content (AvgIpc) is 2.74. The summed E-state index contributed by atoms with van der Waals surface area (Å²) in [5.74, 6) is 1.06. The zero-order valence-corrected chi connectivity index (χ0v) is 20.6. The summed E-state index contributed by atoms with van der Waals surface area (Å²) in [5.41, 5.74) is 1.81. The summed E-state index contributed by atoms with van der Waals surface area (Å²) in [6.45, 7) is 6.73. The number of rotatable bonds is 11. The van der Waals surface area contributed by atoms with E-state index >= 15 is 0 Å². The molecule has 2 aromatic carbocycles. The van der Waals surface area contributed by atoms with Crippen molar-refractivity contribution >= 4 is 46.8 Å². The summed E-state index contributed by atoms with van der Waals surface area (Å²) in [5, 5.41) is 3.93. The third-order valence-corrected chi connectivity index (χ3v) is 6.49. The summed E-state index contributed by atoms with van der Waals surface area (Å²) < 4.78 is 0. The van der Waals surface area contributed by atoms with Crippen LogP contribution in [0.1, 0.15) is 38.3 Å². The standard InChI is InChI=1S/C24H30Cl2N2O2S/c1-4-22(24(30)27-13-17(2)3)28(14-19-20(25)11-8-12-21(19)26)23(29)16-31-15-18-9-6-5-7-10-18/h5-12,17,22H,4,13-16H2,1-3H3,(H,27,30)/t22-/m1/s1. The van der Waals surface area contributed by atoms with Gasteiger partial charge in [0, 0.05) is 34.5 Å². The van der Waals surface area contributed by atoms with Crippen molar-refractivity contribution in [3.05, 3.63) is 69.7 Å². The number of amides is 2. The van der Waals surface area contributed by atoms with Gasteiger partial charge in [-0.25, -0.2) is 0 Å². The second-order valence-electron chi connectivity index (χ2n) is 7.76. The number of hydrogen-bond acceptors (Lipinski definition) is 3. The zero-order chi connectivity index (χ0) is 22.8. The minimum atomic E-state index is -0.587. The predicted molar refractivity (Wildman–Crippen MR) is 132 cm³/mol. The minimum Gasteiger partial charge on any atom is -0.354 e. The minimum absolute atomic E-state index is 0.108. The third-order valence-electron chi connectivity index (χ3n) is 4.80. The normalized spacial score (nSPS) is 11.9. The van der Waals surface area contributed by atoms with Crippen LogP contribution in [-0.2, 0) is 21.9 Å². The molecule has 0 spiro atoms. The molecule has 7 heteroatoms. The summed E-state index contributed by atoms with van der Waals surface area (Å²) in [6.07, 6.45) is 0.501. The van der Waals surface area contributed by atoms with E-state index in [1.165, 1.54) is 11.8 Å². The SMILES string of the molecule is CC[C@H](C(=O)NCC(C)C)N(Cc1c(Cl)cccc1Cl)C(=O)CSCc1ccccc1. The monoisotopic (exact) mass is 480 g/mol. The maximum Gasteiger partial charge on any atom is 0.242 e. The van der Waals surface area contributed by atoms with Crippen molar-refractivity contribution in [3.63, 3.8) is 0 Å². The van der Waals surface area contributed by atoms with Gasteiger partial charge in [0.1, 0.15) is 6.04 Å². The maximum absolute atomic E-state index is 13.2. The molecule has 0 bridgehead atoms. The van der Waals surface area contributed by atoms with Crippen LogP contribution in [0.4, 0.5) is 0 Å². The first kappa shape index (κ1) is 25.6. The van der Waals surface area contributed by atoms with Gasteiger partial charge in [0.15, 0.2) is 0 Å². The fourth-order valence-corrected chi connectivity index (χ4v) is 4.50. The van der Waals surface area contributed by atoms with Crippen LogP contribution in [0.25, 0.3) is 0 Å². The summed E-state index contributed by atoms with van der Waals surface area (Å²) in [4.78, 5) is 27.8. The maximum atomic E-state index is 13.2. The first-order valence-electron chi connectivity index (χ1n) is 10.4. The van der Waals surface area contributed by atoms with Crippen LogP contribution in [0.15, 0.2) is 48.5 Å². The lowest BCUT2D eigenvalue weighted by Crippen LogP contribution is -2.50. The Morgan fingerprint density at radius 1 is 1.03 bits per heavy atom. The smallest absolute Gasteiger partial charge is 0.242 e. The van der Waals surface area contributed by atoms with Gasteiger partial charge in [-0.1, -0.05) is 80.4 Å². The highest BCUT2D eigenvalue weighted by Gasteiger charge is 2.29. The molecule has 0 aliphatic heterocycles. The summed E-state index contributed by atoms with van der Waals surface area (Å²) in [7, 11) is 0. The number of carbonyl (C=O) groups is 2. The predicted octanol–water partition coefficient (Wildman–Crippen LogP) is 5.81. The van der Waals surface area contributed by atoms with Crippen molar-refractivity contribution < 1.29 is 9.59 Å². The molecule has 0 saturated carbocycles. The molecule has 1 N–H and O–H groups in total. The highest BCUT2D eigenvalue weighted by Crippen LogP contribution is 2.27. The van der Waals surface area contributed by atoms with E-state index in [2.05, 4.69) is 5.32 Å². The Morgan fingerprint density at radius 2 is 1.68 bits per heavy atom.